The molecule has 288 valence electrons. The first-order valence-corrected chi connectivity index (χ1v) is 16.8. The molecule has 2 aromatic rings. The maximum atomic E-state index is 12.0. The van der Waals surface area contributed by atoms with Crippen LogP contribution in [0.1, 0.15) is 117 Å². The van der Waals surface area contributed by atoms with E-state index in [1.54, 1.807) is 20.8 Å². The third-order valence-electron chi connectivity index (χ3n) is 5.95. The maximum absolute atomic E-state index is 12.0. The van der Waals surface area contributed by atoms with Crippen LogP contribution in [0.15, 0.2) is 48.5 Å². The summed E-state index contributed by atoms with van der Waals surface area (Å²) in [7, 11) is 0. The van der Waals surface area contributed by atoms with Crippen LogP contribution in [0.25, 0.3) is 0 Å². The smallest absolute Gasteiger partial charge is 0.662 e. The Kier molecular flexibility index (Phi) is 35.5. The van der Waals surface area contributed by atoms with Gasteiger partial charge >= 0.3 is 75.3 Å². The molecule has 12 nitrogen and oxygen atoms in total. The number of carbonyl (C=O) groups excluding carboxylic acids is 5. The van der Waals surface area contributed by atoms with Gasteiger partial charge in [-0.15, -0.1) is 0 Å². The molecule has 0 aliphatic heterocycles. The van der Waals surface area contributed by atoms with Gasteiger partial charge in [0.2, 0.25) is 6.29 Å². The molecule has 0 spiro atoms. The molecule has 0 amide bonds. The van der Waals surface area contributed by atoms with Gasteiger partial charge < -0.3 is 34.3 Å². The monoisotopic (exact) mass is 778 g/mol. The molecule has 0 aliphatic rings. The number of aliphatic carboxylic acids is 1. The average molecular weight is 779 g/mol. The summed E-state index contributed by atoms with van der Waals surface area (Å²) in [5.41, 5.74) is 3.78. The Morgan fingerprint density at radius 3 is 1.23 bits per heavy atom. The van der Waals surface area contributed by atoms with Crippen molar-refractivity contribution in [1.29, 1.82) is 0 Å². The summed E-state index contributed by atoms with van der Waals surface area (Å²) < 4.78 is 14.3. The number of carboxylic acid groups (broad SMARTS) is 1. The van der Waals surface area contributed by atoms with Crippen LogP contribution in [0.3, 0.4) is 0 Å². The second kappa shape index (κ2) is 33.0. The van der Waals surface area contributed by atoms with E-state index in [0.29, 0.717) is 11.8 Å². The number of alkyl halides is 1. The van der Waals surface area contributed by atoms with Crippen LogP contribution in [0.2, 0.25) is 0 Å². The summed E-state index contributed by atoms with van der Waals surface area (Å²) in [6.07, 6.45) is 1.20. The number of carboxylic acids is 1. The summed E-state index contributed by atoms with van der Waals surface area (Å²) >= 11 is 5.23. The molecular formula is C38H56ClKO12. The molecular weight excluding hydrogens is 723 g/mol. The Hall–Kier alpha value is -2.65. The zero-order valence-electron chi connectivity index (χ0n) is 32.9. The van der Waals surface area contributed by atoms with E-state index in [0.717, 1.165) is 24.0 Å². The predicted octanol–water partition coefficient (Wildman–Crippen LogP) is 3.68. The van der Waals surface area contributed by atoms with Gasteiger partial charge in [0.1, 0.15) is 5.78 Å². The summed E-state index contributed by atoms with van der Waals surface area (Å²) in [5, 5.41) is 17.3. The number of carbonyl (C=O) groups is 6. The predicted molar refractivity (Wildman–Crippen MR) is 192 cm³/mol. The van der Waals surface area contributed by atoms with Crippen LogP contribution in [-0.2, 0) is 60.7 Å². The number of Topliss-reactive ketones (excluding diaryl/α,β-unsaturated/α-hetero) is 1. The van der Waals surface area contributed by atoms with Crippen molar-refractivity contribution in [2.75, 3.05) is 0 Å². The Balaban J connectivity index is -0.000000322. The maximum Gasteiger partial charge on any atom is 1.00 e. The third kappa shape index (κ3) is 34.4. The number of hydrogen-bond donors (Lipinski definition) is 1. The molecule has 0 radical (unpaired) electrons. The quantitative estimate of drug-likeness (QED) is 0.0629. The number of hydrogen-bond acceptors (Lipinski definition) is 11. The third-order valence-corrected chi connectivity index (χ3v) is 6.04. The summed E-state index contributed by atoms with van der Waals surface area (Å²) in [6.45, 7) is 20.8. The van der Waals surface area contributed by atoms with Crippen LogP contribution < -0.4 is 56.6 Å². The molecule has 0 heterocycles. The van der Waals surface area contributed by atoms with Crippen LogP contribution in [0.5, 0.6) is 0 Å². The molecule has 2 aromatic carbocycles. The van der Waals surface area contributed by atoms with E-state index in [9.17, 15) is 24.0 Å². The minimum absolute atomic E-state index is 0. The van der Waals surface area contributed by atoms with Gasteiger partial charge in [0.25, 0.3) is 6.47 Å². The number of ether oxygens (including phenoxy) is 3. The van der Waals surface area contributed by atoms with E-state index in [4.69, 9.17) is 36.2 Å². The standard InChI is InChI=1S/C17H24O4.C13H18O2.C4H7ClO2.C3H6O.CH2O3.K/c1-11(2)10-15-6-8-16(9-7-15)12(3)17(19)21-14(5)20-13(4)18;1-9(2)8-11-4-6-12(7-5-11)10(3)13(14)15;1-3(5)7-4(2)6;1-3(2)4;2-1-4-3;/h6-9,11-12,14H,10H2,1-5H3;4-7,9-10H,8H2,1-3H3,(H,14,15);3H,1-2H3;1-2H3;1,3H;/q;;;;;+1/p-1. The zero-order valence-corrected chi connectivity index (χ0v) is 36.8. The van der Waals surface area contributed by atoms with E-state index in [2.05, 4.69) is 37.3 Å². The number of ketones is 1. The van der Waals surface area contributed by atoms with E-state index < -0.39 is 41.6 Å². The Bertz CT molecular complexity index is 1290. The minimum Gasteiger partial charge on any atom is -0.662 e. The van der Waals surface area contributed by atoms with Crippen LogP contribution >= 0.6 is 11.6 Å². The molecule has 2 rings (SSSR count). The number of rotatable bonds is 12. The van der Waals surface area contributed by atoms with Gasteiger partial charge in [-0.25, -0.2) is 0 Å². The van der Waals surface area contributed by atoms with Crippen molar-refractivity contribution in [2.24, 2.45) is 11.8 Å². The molecule has 0 saturated heterocycles. The first kappa shape index (κ1) is 56.1. The van der Waals surface area contributed by atoms with Crippen molar-refractivity contribution in [3.05, 3.63) is 70.8 Å². The van der Waals surface area contributed by atoms with E-state index in [1.807, 2.05) is 48.5 Å². The average Bonchev–Trinajstić information content (AvgIpc) is 3.00. The SMILES string of the molecule is CC(=O)OC(C)Cl.CC(=O)OC(C)OC(=O)C(C)c1ccc(CC(C)C)cc1.CC(C)=O.CC(C)Cc1ccc(C(C)C(=O)O)cc1.O=CO[O-].[K+]. The van der Waals surface area contributed by atoms with Crippen molar-refractivity contribution in [1.82, 2.24) is 0 Å². The number of esters is 3. The van der Waals surface area contributed by atoms with Crippen LogP contribution in [0, 0.1) is 11.8 Å². The van der Waals surface area contributed by atoms with Crippen molar-refractivity contribution >= 4 is 47.7 Å². The van der Waals surface area contributed by atoms with E-state index in [1.165, 1.54) is 45.7 Å². The van der Waals surface area contributed by atoms with Gasteiger partial charge in [-0.2, -0.15) is 0 Å². The molecule has 52 heavy (non-hydrogen) atoms. The molecule has 0 fully saturated rings. The van der Waals surface area contributed by atoms with Crippen molar-refractivity contribution in [3.8, 4) is 0 Å². The van der Waals surface area contributed by atoms with Gasteiger partial charge in [-0.05, 0) is 81.5 Å². The summed E-state index contributed by atoms with van der Waals surface area (Å²) in [6, 6.07) is 15.8. The molecule has 0 aromatic heterocycles. The Labute approximate surface area is 356 Å². The van der Waals surface area contributed by atoms with Gasteiger partial charge in [-0.1, -0.05) is 87.8 Å². The van der Waals surface area contributed by atoms with Gasteiger partial charge in [0.15, 0.2) is 5.56 Å². The minimum atomic E-state index is -0.863. The molecule has 0 bridgehead atoms. The topological polar surface area (TPSA) is 183 Å². The molecule has 4 unspecified atom stereocenters. The van der Waals surface area contributed by atoms with Crippen LogP contribution in [0.4, 0.5) is 0 Å². The fourth-order valence-corrected chi connectivity index (χ4v) is 3.98. The van der Waals surface area contributed by atoms with Crippen molar-refractivity contribution in [3.63, 3.8) is 0 Å². The van der Waals surface area contributed by atoms with Gasteiger partial charge in [0.05, 0.1) is 11.8 Å². The number of halogens is 1. The zero-order chi connectivity index (χ0) is 40.3. The van der Waals surface area contributed by atoms with Crippen LogP contribution in [-0.4, -0.2) is 53.1 Å². The largest absolute Gasteiger partial charge is 1.00 e. The normalized spacial score (nSPS) is 11.8. The van der Waals surface area contributed by atoms with Crippen molar-refractivity contribution in [2.45, 2.75) is 120 Å². The fourth-order valence-electron chi connectivity index (χ4n) is 3.86. The second-order valence-electron chi connectivity index (χ2n) is 12.3. The van der Waals surface area contributed by atoms with E-state index in [-0.39, 0.29) is 69.6 Å². The summed E-state index contributed by atoms with van der Waals surface area (Å²) in [5.74, 6) is -1.40. The van der Waals surface area contributed by atoms with Gasteiger partial charge in [0, 0.05) is 20.8 Å². The molecule has 1 N–H and O–H groups in total. The van der Waals surface area contributed by atoms with Crippen molar-refractivity contribution < 1.29 is 110 Å². The molecule has 4 atom stereocenters. The second-order valence-corrected chi connectivity index (χ2v) is 12.9. The Morgan fingerprint density at radius 1 is 0.673 bits per heavy atom. The summed E-state index contributed by atoms with van der Waals surface area (Å²) in [4.78, 5) is 64.2. The molecule has 0 saturated carbocycles. The first-order chi connectivity index (χ1) is 23.6. The van der Waals surface area contributed by atoms with E-state index >= 15 is 0 Å². The first-order valence-electron chi connectivity index (χ1n) is 16.4. The molecule has 14 heteroatoms. The Morgan fingerprint density at radius 2 is 1.00 bits per heavy atom. The fraction of sp³-hybridized carbons (Fsp3) is 0.526. The van der Waals surface area contributed by atoms with Gasteiger partial charge in [-0.3, -0.25) is 24.0 Å². The number of benzene rings is 2. The molecule has 0 aliphatic carbocycles.